The first-order valence-electron chi connectivity index (χ1n) is 28.9. The highest BCUT2D eigenvalue weighted by atomic mass is 16.7. The van der Waals surface area contributed by atoms with Crippen molar-refractivity contribution in [3.05, 3.63) is 24.3 Å². The quantitative estimate of drug-likeness (QED) is 0.0171. The average Bonchev–Trinajstić information content (AvgIpc) is 3.37. The largest absolute Gasteiger partial charge is 0.462 e. The van der Waals surface area contributed by atoms with Gasteiger partial charge in [-0.25, -0.2) is 0 Å². The van der Waals surface area contributed by atoms with Crippen LogP contribution in [-0.2, 0) is 38.0 Å². The second kappa shape index (κ2) is 44.1. The third-order valence-electron chi connectivity index (χ3n) is 13.9. The van der Waals surface area contributed by atoms with Crippen molar-refractivity contribution in [1.29, 1.82) is 0 Å². The molecule has 72 heavy (non-hydrogen) atoms. The topological polar surface area (TPSA) is 231 Å². The van der Waals surface area contributed by atoms with Crippen molar-refractivity contribution >= 4 is 11.9 Å². The highest BCUT2D eigenvalue weighted by molar-refractivity contribution is 5.70. The zero-order chi connectivity index (χ0) is 52.4. The Morgan fingerprint density at radius 1 is 0.444 bits per heavy atom. The van der Waals surface area contributed by atoms with E-state index in [-0.39, 0.29) is 26.1 Å². The lowest BCUT2D eigenvalue weighted by atomic mass is 9.98. The van der Waals surface area contributed by atoms with Gasteiger partial charge in [0.1, 0.15) is 55.4 Å². The van der Waals surface area contributed by atoms with Crippen LogP contribution in [0.5, 0.6) is 0 Å². The zero-order valence-corrected chi connectivity index (χ0v) is 44.9. The fourth-order valence-electron chi connectivity index (χ4n) is 9.19. The number of esters is 2. The Labute approximate surface area is 434 Å². The molecule has 0 bridgehead atoms. The van der Waals surface area contributed by atoms with Crippen molar-refractivity contribution in [3.63, 3.8) is 0 Å². The van der Waals surface area contributed by atoms with Gasteiger partial charge in [-0.1, -0.05) is 199 Å². The minimum Gasteiger partial charge on any atom is -0.462 e. The van der Waals surface area contributed by atoms with Crippen LogP contribution < -0.4 is 0 Å². The standard InChI is InChI=1S/C57H104O15/c1-3-5-7-9-11-13-15-17-19-20-21-22-23-24-26-28-30-32-34-36-38-40-49(60)70-45(42-67-48(59)39-37-35-33-31-29-27-25-18-16-14-12-10-8-6-4-2)43-68-56-55(66)53(64)51(62)47(72-56)44-69-57-54(65)52(63)50(61)46(41-58)71-57/h12,14,18,25,45-47,50-58,61-66H,3-11,13,15-17,19-24,26-44H2,1-2H3/b14-12+,25-18+/t45-,46+,47+,50-,51-,52?,53?,54?,55?,56+,57+/m1/s1. The molecule has 0 aromatic carbocycles. The predicted octanol–water partition coefficient (Wildman–Crippen LogP) is 9.50. The second-order valence-electron chi connectivity index (χ2n) is 20.5. The Morgan fingerprint density at radius 3 is 1.32 bits per heavy atom. The molecule has 2 saturated heterocycles. The molecule has 0 aromatic rings. The smallest absolute Gasteiger partial charge is 0.306 e. The van der Waals surface area contributed by atoms with Crippen LogP contribution in [0.1, 0.15) is 232 Å². The Morgan fingerprint density at radius 2 is 0.833 bits per heavy atom. The van der Waals surface area contributed by atoms with Crippen LogP contribution >= 0.6 is 0 Å². The van der Waals surface area contributed by atoms with Crippen LogP contribution in [0, 0.1) is 0 Å². The van der Waals surface area contributed by atoms with Crippen LogP contribution in [0.3, 0.4) is 0 Å². The van der Waals surface area contributed by atoms with E-state index in [9.17, 15) is 45.3 Å². The molecule has 2 heterocycles. The fourth-order valence-corrected chi connectivity index (χ4v) is 9.19. The van der Waals surface area contributed by atoms with E-state index in [2.05, 4.69) is 38.2 Å². The summed E-state index contributed by atoms with van der Waals surface area (Å²) in [5, 5.41) is 72.2. The molecular formula is C57H104O15. The molecule has 0 aliphatic carbocycles. The van der Waals surface area contributed by atoms with Gasteiger partial charge in [0.15, 0.2) is 18.7 Å². The molecular weight excluding hydrogens is 925 g/mol. The normalized spacial score (nSPS) is 25.1. The second-order valence-corrected chi connectivity index (χ2v) is 20.5. The molecule has 11 atom stereocenters. The molecule has 2 rings (SSSR count). The summed E-state index contributed by atoms with van der Waals surface area (Å²) in [6.07, 6.45) is 30.6. The maximum atomic E-state index is 13.1. The summed E-state index contributed by atoms with van der Waals surface area (Å²) in [6, 6.07) is 0. The van der Waals surface area contributed by atoms with E-state index in [1.165, 1.54) is 128 Å². The maximum absolute atomic E-state index is 13.1. The van der Waals surface area contributed by atoms with E-state index >= 15 is 0 Å². The molecule has 7 N–H and O–H groups in total. The van der Waals surface area contributed by atoms with Gasteiger partial charge in [-0.05, 0) is 44.9 Å². The summed E-state index contributed by atoms with van der Waals surface area (Å²) in [6.45, 7) is 2.59. The molecule has 0 saturated carbocycles. The van der Waals surface area contributed by atoms with Gasteiger partial charge in [-0.2, -0.15) is 0 Å². The Hall–Kier alpha value is -2.02. The lowest BCUT2D eigenvalue weighted by Crippen LogP contribution is -2.61. The summed E-state index contributed by atoms with van der Waals surface area (Å²) < 4.78 is 33.7. The monoisotopic (exact) mass is 1030 g/mol. The third-order valence-corrected chi connectivity index (χ3v) is 13.9. The Balaban J connectivity index is 1.75. The predicted molar refractivity (Wildman–Crippen MR) is 280 cm³/mol. The number of aliphatic hydroxyl groups excluding tert-OH is 7. The van der Waals surface area contributed by atoms with Crippen molar-refractivity contribution in [3.8, 4) is 0 Å². The Bertz CT molecular complexity index is 1350. The van der Waals surface area contributed by atoms with E-state index in [0.29, 0.717) is 12.8 Å². The van der Waals surface area contributed by atoms with Crippen LogP contribution in [0.25, 0.3) is 0 Å². The number of rotatable bonds is 46. The molecule has 4 unspecified atom stereocenters. The minimum absolute atomic E-state index is 0.167. The molecule has 15 heteroatoms. The van der Waals surface area contributed by atoms with Gasteiger partial charge in [0.05, 0.1) is 19.8 Å². The Kier molecular flexibility index (Phi) is 40.5. The lowest BCUT2D eigenvalue weighted by molar-refractivity contribution is -0.332. The SMILES string of the molecule is CCCCC/C=C/C/C=C/CCCCCCCC(=O)OC[C@H](CO[C@H]1O[C@@H](CO[C@H]2O[C@@H](CO)[C@@H](O)C(O)C2O)[C@@H](O)C(O)C1O)OC(=O)CCCCCCCCCCCCCCCCCCCCCCC. The molecule has 15 nitrogen and oxygen atoms in total. The van der Waals surface area contributed by atoms with Crippen molar-refractivity contribution < 1.29 is 73.8 Å². The number of carbonyl (C=O) groups excluding carboxylic acids is 2. The summed E-state index contributed by atoms with van der Waals surface area (Å²) in [5.41, 5.74) is 0. The lowest BCUT2D eigenvalue weighted by Gasteiger charge is -2.42. The van der Waals surface area contributed by atoms with Crippen molar-refractivity contribution in [2.45, 2.75) is 300 Å². The summed E-state index contributed by atoms with van der Waals surface area (Å²) in [4.78, 5) is 25.9. The van der Waals surface area contributed by atoms with Gasteiger partial charge in [0.2, 0.25) is 0 Å². The van der Waals surface area contributed by atoms with Gasteiger partial charge in [0.25, 0.3) is 0 Å². The third kappa shape index (κ3) is 31.1. The van der Waals surface area contributed by atoms with Gasteiger partial charge in [0, 0.05) is 12.8 Å². The number of carbonyl (C=O) groups is 2. The van der Waals surface area contributed by atoms with Gasteiger partial charge >= 0.3 is 11.9 Å². The van der Waals surface area contributed by atoms with E-state index in [4.69, 9.17) is 28.4 Å². The van der Waals surface area contributed by atoms with E-state index in [1.54, 1.807) is 0 Å². The van der Waals surface area contributed by atoms with E-state index in [0.717, 1.165) is 64.2 Å². The molecule has 0 amide bonds. The molecule has 422 valence electrons. The molecule has 2 aliphatic heterocycles. The molecule has 0 spiro atoms. The highest BCUT2D eigenvalue weighted by Gasteiger charge is 2.47. The number of allylic oxidation sites excluding steroid dienone is 4. The molecule has 2 fully saturated rings. The summed E-state index contributed by atoms with van der Waals surface area (Å²) in [5.74, 6) is -0.929. The molecule has 2 aliphatic rings. The number of aliphatic hydroxyl groups is 7. The molecule has 0 radical (unpaired) electrons. The van der Waals surface area contributed by atoms with Crippen LogP contribution in [0.15, 0.2) is 24.3 Å². The highest BCUT2D eigenvalue weighted by Crippen LogP contribution is 2.27. The number of unbranched alkanes of at least 4 members (excludes halogenated alkanes) is 28. The average molecular weight is 1030 g/mol. The number of hydrogen-bond donors (Lipinski definition) is 7. The molecule has 0 aromatic heterocycles. The van der Waals surface area contributed by atoms with E-state index in [1.807, 2.05) is 0 Å². The summed E-state index contributed by atoms with van der Waals surface area (Å²) in [7, 11) is 0. The van der Waals surface area contributed by atoms with Crippen molar-refractivity contribution in [2.24, 2.45) is 0 Å². The first-order valence-corrected chi connectivity index (χ1v) is 28.9. The first-order chi connectivity index (χ1) is 35.0. The number of ether oxygens (including phenoxy) is 6. The van der Waals surface area contributed by atoms with Gasteiger partial charge in [-0.3, -0.25) is 9.59 Å². The van der Waals surface area contributed by atoms with Gasteiger partial charge in [-0.15, -0.1) is 0 Å². The van der Waals surface area contributed by atoms with E-state index < -0.39 is 92.7 Å². The maximum Gasteiger partial charge on any atom is 0.306 e. The van der Waals surface area contributed by atoms with Crippen molar-refractivity contribution in [2.75, 3.05) is 26.4 Å². The van der Waals surface area contributed by atoms with Crippen LogP contribution in [0.2, 0.25) is 0 Å². The fraction of sp³-hybridized carbons (Fsp3) is 0.895. The van der Waals surface area contributed by atoms with Crippen LogP contribution in [-0.4, -0.2) is 142 Å². The minimum atomic E-state index is -1.76. The first kappa shape index (κ1) is 66.1. The number of hydrogen-bond acceptors (Lipinski definition) is 15. The summed E-state index contributed by atoms with van der Waals surface area (Å²) >= 11 is 0. The van der Waals surface area contributed by atoms with Crippen molar-refractivity contribution in [1.82, 2.24) is 0 Å². The zero-order valence-electron chi connectivity index (χ0n) is 44.9. The van der Waals surface area contributed by atoms with Gasteiger partial charge < -0.3 is 64.2 Å². The van der Waals surface area contributed by atoms with Crippen LogP contribution in [0.4, 0.5) is 0 Å².